The van der Waals surface area contributed by atoms with Crippen molar-refractivity contribution in [3.8, 4) is 0 Å². The Balaban J connectivity index is 2.56. The number of hydrogen-bond donors (Lipinski definition) is 1. The predicted molar refractivity (Wildman–Crippen MR) is 86.6 cm³/mol. The maximum atomic E-state index is 11.8. The third kappa shape index (κ3) is 6.14. The van der Waals surface area contributed by atoms with E-state index in [2.05, 4.69) is 41.4 Å². The van der Waals surface area contributed by atoms with Gasteiger partial charge in [0.05, 0.1) is 13.2 Å². The summed E-state index contributed by atoms with van der Waals surface area (Å²) >= 11 is 0. The van der Waals surface area contributed by atoms with Crippen molar-refractivity contribution in [2.45, 2.75) is 13.5 Å². The van der Waals surface area contributed by atoms with Crippen LogP contribution in [-0.4, -0.2) is 58.3 Å². The average Bonchev–Trinajstić information content (AvgIpc) is 2.49. The Morgan fingerprint density at radius 1 is 1.24 bits per heavy atom. The lowest BCUT2D eigenvalue weighted by atomic mass is 10.2. The molecule has 5 heteroatoms. The van der Waals surface area contributed by atoms with Gasteiger partial charge in [-0.15, -0.1) is 0 Å². The second-order valence-corrected chi connectivity index (χ2v) is 5.14. The molecule has 0 radical (unpaired) electrons. The SMILES string of the molecule is CCN(CC(=O)N(C)C)c1ccc(CNCCOC)cc1. The van der Waals surface area contributed by atoms with Crippen LogP contribution in [0.2, 0.25) is 0 Å². The molecule has 0 aliphatic heterocycles. The lowest BCUT2D eigenvalue weighted by molar-refractivity contribution is -0.127. The molecule has 0 aliphatic rings. The second kappa shape index (κ2) is 9.37. The minimum absolute atomic E-state index is 0.113. The zero-order valence-corrected chi connectivity index (χ0v) is 13.6. The maximum absolute atomic E-state index is 11.8. The molecule has 0 saturated heterocycles. The van der Waals surface area contributed by atoms with Gasteiger partial charge in [0.2, 0.25) is 5.91 Å². The molecule has 0 atom stereocenters. The fraction of sp³-hybridized carbons (Fsp3) is 0.562. The van der Waals surface area contributed by atoms with Crippen LogP contribution in [0, 0.1) is 0 Å². The van der Waals surface area contributed by atoms with E-state index in [1.54, 1.807) is 26.1 Å². The lowest BCUT2D eigenvalue weighted by Gasteiger charge is -2.24. The fourth-order valence-electron chi connectivity index (χ4n) is 1.92. The van der Waals surface area contributed by atoms with E-state index in [-0.39, 0.29) is 5.91 Å². The Bertz CT molecular complexity index is 418. The van der Waals surface area contributed by atoms with Crippen molar-refractivity contribution in [1.82, 2.24) is 10.2 Å². The summed E-state index contributed by atoms with van der Waals surface area (Å²) in [5.41, 5.74) is 2.30. The number of likely N-dealkylation sites (N-methyl/N-ethyl adjacent to an activating group) is 2. The summed E-state index contributed by atoms with van der Waals surface area (Å²) in [7, 11) is 5.26. The maximum Gasteiger partial charge on any atom is 0.241 e. The molecule has 1 rings (SSSR count). The van der Waals surface area contributed by atoms with Crippen molar-refractivity contribution in [3.63, 3.8) is 0 Å². The van der Waals surface area contributed by atoms with Crippen molar-refractivity contribution in [2.24, 2.45) is 0 Å². The number of hydrogen-bond acceptors (Lipinski definition) is 4. The Hall–Kier alpha value is -1.59. The van der Waals surface area contributed by atoms with Crippen molar-refractivity contribution in [1.29, 1.82) is 0 Å². The van der Waals surface area contributed by atoms with E-state index >= 15 is 0 Å². The lowest BCUT2D eigenvalue weighted by Crippen LogP contribution is -2.36. The summed E-state index contributed by atoms with van der Waals surface area (Å²) in [6.45, 7) is 5.67. The first kappa shape index (κ1) is 17.5. The van der Waals surface area contributed by atoms with Gasteiger partial charge in [0.25, 0.3) is 0 Å². The summed E-state index contributed by atoms with van der Waals surface area (Å²) in [4.78, 5) is 15.5. The number of amides is 1. The van der Waals surface area contributed by atoms with Crippen LogP contribution < -0.4 is 10.2 Å². The van der Waals surface area contributed by atoms with Crippen molar-refractivity contribution in [2.75, 3.05) is 52.3 Å². The molecule has 0 aromatic heterocycles. The van der Waals surface area contributed by atoms with Crippen molar-refractivity contribution < 1.29 is 9.53 Å². The van der Waals surface area contributed by atoms with Crippen LogP contribution in [0.1, 0.15) is 12.5 Å². The van der Waals surface area contributed by atoms with Crippen LogP contribution in [-0.2, 0) is 16.1 Å². The van der Waals surface area contributed by atoms with E-state index in [0.29, 0.717) is 13.2 Å². The molecular weight excluding hydrogens is 266 g/mol. The van der Waals surface area contributed by atoms with Gasteiger partial charge in [-0.1, -0.05) is 12.1 Å². The molecule has 0 unspecified atom stereocenters. The fourth-order valence-corrected chi connectivity index (χ4v) is 1.92. The van der Waals surface area contributed by atoms with Gasteiger partial charge in [0.1, 0.15) is 0 Å². The number of anilines is 1. The Kier molecular flexibility index (Phi) is 7.79. The smallest absolute Gasteiger partial charge is 0.241 e. The van der Waals surface area contributed by atoms with E-state index in [1.807, 2.05) is 0 Å². The highest BCUT2D eigenvalue weighted by atomic mass is 16.5. The number of nitrogens with one attached hydrogen (secondary N) is 1. The number of methoxy groups -OCH3 is 1. The van der Waals surface area contributed by atoms with E-state index < -0.39 is 0 Å². The molecule has 0 bridgehead atoms. The zero-order chi connectivity index (χ0) is 15.7. The zero-order valence-electron chi connectivity index (χ0n) is 13.6. The first-order chi connectivity index (χ1) is 10.1. The van der Waals surface area contributed by atoms with Gasteiger partial charge in [-0.3, -0.25) is 4.79 Å². The largest absolute Gasteiger partial charge is 0.383 e. The average molecular weight is 293 g/mol. The van der Waals surface area contributed by atoms with Crippen molar-refractivity contribution >= 4 is 11.6 Å². The second-order valence-electron chi connectivity index (χ2n) is 5.14. The summed E-state index contributed by atoms with van der Waals surface area (Å²) < 4.78 is 5.00. The molecule has 0 saturated carbocycles. The molecule has 5 nitrogen and oxygen atoms in total. The molecular formula is C16H27N3O2. The Morgan fingerprint density at radius 2 is 1.90 bits per heavy atom. The molecule has 0 heterocycles. The Labute approximate surface area is 127 Å². The van der Waals surface area contributed by atoms with Gasteiger partial charge in [0.15, 0.2) is 0 Å². The molecule has 1 aromatic carbocycles. The predicted octanol–water partition coefficient (Wildman–Crippen LogP) is 1.34. The van der Waals surface area contributed by atoms with Gasteiger partial charge in [0, 0.05) is 46.5 Å². The summed E-state index contributed by atoms with van der Waals surface area (Å²) in [5.74, 6) is 0.113. The van der Waals surface area contributed by atoms with Gasteiger partial charge in [-0.05, 0) is 24.6 Å². The minimum atomic E-state index is 0.113. The molecule has 0 aliphatic carbocycles. The first-order valence-corrected chi connectivity index (χ1v) is 7.32. The number of benzene rings is 1. The minimum Gasteiger partial charge on any atom is -0.383 e. The van der Waals surface area contributed by atoms with Gasteiger partial charge < -0.3 is 19.9 Å². The number of rotatable bonds is 9. The summed E-state index contributed by atoms with van der Waals surface area (Å²) in [6, 6.07) is 8.33. The van der Waals surface area contributed by atoms with Crippen LogP contribution in [0.25, 0.3) is 0 Å². The van der Waals surface area contributed by atoms with Crippen LogP contribution in [0.5, 0.6) is 0 Å². The highest BCUT2D eigenvalue weighted by Gasteiger charge is 2.11. The highest BCUT2D eigenvalue weighted by molar-refractivity contribution is 5.81. The molecule has 1 amide bonds. The number of carbonyl (C=O) groups is 1. The first-order valence-electron chi connectivity index (χ1n) is 7.32. The van der Waals surface area contributed by atoms with E-state index in [0.717, 1.165) is 25.3 Å². The van der Waals surface area contributed by atoms with Crippen LogP contribution >= 0.6 is 0 Å². The molecule has 0 fully saturated rings. The topological polar surface area (TPSA) is 44.8 Å². The van der Waals surface area contributed by atoms with Gasteiger partial charge >= 0.3 is 0 Å². The van der Waals surface area contributed by atoms with Gasteiger partial charge in [-0.25, -0.2) is 0 Å². The van der Waals surface area contributed by atoms with Crippen LogP contribution in [0.15, 0.2) is 24.3 Å². The molecule has 21 heavy (non-hydrogen) atoms. The Morgan fingerprint density at radius 3 is 2.43 bits per heavy atom. The number of carbonyl (C=O) groups excluding carboxylic acids is 1. The number of ether oxygens (including phenoxy) is 1. The van der Waals surface area contributed by atoms with E-state index in [4.69, 9.17) is 4.74 Å². The van der Waals surface area contributed by atoms with Crippen LogP contribution in [0.4, 0.5) is 5.69 Å². The van der Waals surface area contributed by atoms with E-state index in [1.165, 1.54) is 5.56 Å². The van der Waals surface area contributed by atoms with Crippen molar-refractivity contribution in [3.05, 3.63) is 29.8 Å². The third-order valence-corrected chi connectivity index (χ3v) is 3.32. The molecule has 1 aromatic rings. The third-order valence-electron chi connectivity index (χ3n) is 3.32. The summed E-state index contributed by atoms with van der Waals surface area (Å²) in [6.07, 6.45) is 0. The molecule has 0 spiro atoms. The normalized spacial score (nSPS) is 10.5. The van der Waals surface area contributed by atoms with E-state index in [9.17, 15) is 4.79 Å². The van der Waals surface area contributed by atoms with Gasteiger partial charge in [-0.2, -0.15) is 0 Å². The van der Waals surface area contributed by atoms with Crippen LogP contribution in [0.3, 0.4) is 0 Å². The standard InChI is InChI=1S/C16H27N3O2/c1-5-19(13-16(20)18(2)3)15-8-6-14(7-9-15)12-17-10-11-21-4/h6-9,17H,5,10-13H2,1-4H3. The monoisotopic (exact) mass is 293 g/mol. The molecule has 1 N–H and O–H groups in total. The molecule has 118 valence electrons. The highest BCUT2D eigenvalue weighted by Crippen LogP contribution is 2.15. The summed E-state index contributed by atoms with van der Waals surface area (Å²) in [5, 5.41) is 3.31. The number of nitrogens with zero attached hydrogens (tertiary/aromatic N) is 2. The quantitative estimate of drug-likeness (QED) is 0.698.